The lowest BCUT2D eigenvalue weighted by molar-refractivity contribution is 0.0730. The molecule has 2 aliphatic heterocycles. The van der Waals surface area contributed by atoms with Crippen LogP contribution in [0.3, 0.4) is 0 Å². The zero-order chi connectivity index (χ0) is 18.8. The summed E-state index contributed by atoms with van der Waals surface area (Å²) in [5, 5.41) is 0. The lowest BCUT2D eigenvalue weighted by Crippen LogP contribution is -2.37. The first kappa shape index (κ1) is 17.9. The molecule has 5 heteroatoms. The fourth-order valence-electron chi connectivity index (χ4n) is 3.91. The van der Waals surface area contributed by atoms with Crippen molar-refractivity contribution in [3.05, 3.63) is 59.2 Å². The second-order valence-corrected chi connectivity index (χ2v) is 7.34. The third-order valence-electron chi connectivity index (χ3n) is 5.33. The van der Waals surface area contributed by atoms with Gasteiger partial charge in [0, 0.05) is 37.8 Å². The molecule has 0 N–H and O–H groups in total. The minimum Gasteiger partial charge on any atom is -0.488 e. The fourth-order valence-corrected chi connectivity index (χ4v) is 3.91. The van der Waals surface area contributed by atoms with Crippen molar-refractivity contribution in [2.45, 2.75) is 19.4 Å². The van der Waals surface area contributed by atoms with Gasteiger partial charge in [0.1, 0.15) is 11.9 Å². The van der Waals surface area contributed by atoms with Gasteiger partial charge in [-0.15, -0.1) is 0 Å². The molecule has 4 rings (SSSR count). The third kappa shape index (κ3) is 3.78. The van der Waals surface area contributed by atoms with E-state index in [4.69, 9.17) is 9.47 Å². The van der Waals surface area contributed by atoms with Gasteiger partial charge in [0.2, 0.25) is 0 Å². The van der Waals surface area contributed by atoms with Gasteiger partial charge >= 0.3 is 0 Å². The molecule has 1 atom stereocenters. The number of likely N-dealkylation sites (N-methyl/N-ethyl adjacent to an activating group) is 1. The van der Waals surface area contributed by atoms with Crippen molar-refractivity contribution in [1.82, 2.24) is 4.90 Å². The summed E-state index contributed by atoms with van der Waals surface area (Å²) in [5.41, 5.74) is 4.25. The lowest BCUT2D eigenvalue weighted by atomic mass is 10.1. The molecular formula is C22H26N2O3. The zero-order valence-corrected chi connectivity index (χ0v) is 16.0. The Morgan fingerprint density at radius 1 is 1.19 bits per heavy atom. The van der Waals surface area contributed by atoms with Gasteiger partial charge < -0.3 is 19.3 Å². The molecule has 2 aliphatic rings. The Kier molecular flexibility index (Phi) is 5.03. The monoisotopic (exact) mass is 366 g/mol. The van der Waals surface area contributed by atoms with Crippen LogP contribution in [0, 0.1) is 6.92 Å². The highest BCUT2D eigenvalue weighted by Crippen LogP contribution is 2.29. The number of rotatable bonds is 4. The minimum atomic E-state index is 0.0186. The largest absolute Gasteiger partial charge is 0.488 e. The van der Waals surface area contributed by atoms with Crippen LogP contribution < -0.4 is 9.64 Å². The molecule has 1 unspecified atom stereocenters. The standard InChI is InChI=1S/C22H26N2O3/c1-16-13-18(7-8-20(16)24-9-11-26-12-10-24)22(25)23(2)15-19-14-17-5-3-4-6-21(17)27-19/h3-8,13,19H,9-12,14-15H2,1-2H3. The highest BCUT2D eigenvalue weighted by Gasteiger charge is 2.25. The van der Waals surface area contributed by atoms with Gasteiger partial charge in [0.05, 0.1) is 19.8 Å². The van der Waals surface area contributed by atoms with Gasteiger partial charge in [-0.3, -0.25) is 4.79 Å². The summed E-state index contributed by atoms with van der Waals surface area (Å²) in [6, 6.07) is 14.1. The molecule has 1 amide bonds. The first-order valence-corrected chi connectivity index (χ1v) is 9.55. The Morgan fingerprint density at radius 2 is 1.96 bits per heavy atom. The van der Waals surface area contributed by atoms with Gasteiger partial charge in [-0.25, -0.2) is 0 Å². The first-order chi connectivity index (χ1) is 13.1. The normalized spacial score (nSPS) is 18.7. The molecule has 0 aromatic heterocycles. The number of aryl methyl sites for hydroxylation is 1. The molecule has 27 heavy (non-hydrogen) atoms. The van der Waals surface area contributed by atoms with Gasteiger partial charge in [0.25, 0.3) is 5.91 Å². The van der Waals surface area contributed by atoms with Crippen molar-refractivity contribution in [3.63, 3.8) is 0 Å². The molecule has 0 bridgehead atoms. The third-order valence-corrected chi connectivity index (χ3v) is 5.33. The number of carbonyl (C=O) groups is 1. The molecule has 0 radical (unpaired) electrons. The van der Waals surface area contributed by atoms with Crippen LogP contribution >= 0.6 is 0 Å². The molecule has 0 aliphatic carbocycles. The number of benzene rings is 2. The van der Waals surface area contributed by atoms with Crippen LogP contribution in [0.1, 0.15) is 21.5 Å². The van der Waals surface area contributed by atoms with E-state index in [1.54, 1.807) is 4.90 Å². The summed E-state index contributed by atoms with van der Waals surface area (Å²) in [7, 11) is 1.85. The van der Waals surface area contributed by atoms with Crippen molar-refractivity contribution < 1.29 is 14.3 Å². The molecule has 0 saturated carbocycles. The van der Waals surface area contributed by atoms with Crippen molar-refractivity contribution in [1.29, 1.82) is 0 Å². The topological polar surface area (TPSA) is 42.0 Å². The summed E-state index contributed by atoms with van der Waals surface area (Å²) in [6.45, 7) is 5.95. The number of hydrogen-bond acceptors (Lipinski definition) is 4. The summed E-state index contributed by atoms with van der Waals surface area (Å²) < 4.78 is 11.4. The molecule has 0 spiro atoms. The van der Waals surface area contributed by atoms with E-state index in [0.717, 1.165) is 49.6 Å². The number of anilines is 1. The number of fused-ring (bicyclic) bond motifs is 1. The number of para-hydroxylation sites is 1. The molecule has 2 aromatic carbocycles. The van der Waals surface area contributed by atoms with Crippen molar-refractivity contribution in [2.24, 2.45) is 0 Å². The molecular weight excluding hydrogens is 340 g/mol. The Hall–Kier alpha value is -2.53. The average molecular weight is 366 g/mol. The summed E-state index contributed by atoms with van der Waals surface area (Å²) in [6.07, 6.45) is 0.869. The summed E-state index contributed by atoms with van der Waals surface area (Å²) in [5.74, 6) is 0.972. The first-order valence-electron chi connectivity index (χ1n) is 9.55. The van der Waals surface area contributed by atoms with Gasteiger partial charge in [-0.1, -0.05) is 18.2 Å². The maximum absolute atomic E-state index is 12.9. The smallest absolute Gasteiger partial charge is 0.253 e. The molecule has 5 nitrogen and oxygen atoms in total. The van der Waals surface area contributed by atoms with Crippen LogP contribution in [0.2, 0.25) is 0 Å². The van der Waals surface area contributed by atoms with E-state index in [0.29, 0.717) is 6.54 Å². The Morgan fingerprint density at radius 3 is 2.70 bits per heavy atom. The lowest BCUT2D eigenvalue weighted by Gasteiger charge is -2.30. The number of morpholine rings is 1. The number of ether oxygens (including phenoxy) is 2. The van der Waals surface area contributed by atoms with Crippen LogP contribution in [-0.4, -0.2) is 56.8 Å². The van der Waals surface area contributed by atoms with E-state index in [1.807, 2.05) is 37.4 Å². The Labute approximate surface area is 160 Å². The Bertz CT molecular complexity index is 805. The molecule has 1 saturated heterocycles. The second-order valence-electron chi connectivity index (χ2n) is 7.34. The fraction of sp³-hybridized carbons (Fsp3) is 0.409. The highest BCUT2D eigenvalue weighted by atomic mass is 16.5. The minimum absolute atomic E-state index is 0.0186. The van der Waals surface area contributed by atoms with E-state index in [2.05, 4.69) is 24.0 Å². The number of carbonyl (C=O) groups excluding carboxylic acids is 1. The van der Waals surface area contributed by atoms with Crippen LogP contribution in [0.5, 0.6) is 5.75 Å². The van der Waals surface area contributed by atoms with Crippen LogP contribution in [0.15, 0.2) is 42.5 Å². The predicted octanol–water partition coefficient (Wildman–Crippen LogP) is 2.91. The Balaban J connectivity index is 1.41. The molecule has 2 aromatic rings. The predicted molar refractivity (Wildman–Crippen MR) is 106 cm³/mol. The van der Waals surface area contributed by atoms with Gasteiger partial charge in [-0.2, -0.15) is 0 Å². The SMILES string of the molecule is Cc1cc(C(=O)N(C)CC2Cc3ccccc3O2)ccc1N1CCOCC1. The number of amides is 1. The zero-order valence-electron chi connectivity index (χ0n) is 16.0. The van der Waals surface area contributed by atoms with E-state index >= 15 is 0 Å². The second kappa shape index (κ2) is 7.61. The van der Waals surface area contributed by atoms with E-state index in [-0.39, 0.29) is 12.0 Å². The van der Waals surface area contributed by atoms with E-state index in [1.165, 1.54) is 11.3 Å². The molecule has 2 heterocycles. The van der Waals surface area contributed by atoms with Crippen LogP contribution in [0.4, 0.5) is 5.69 Å². The van der Waals surface area contributed by atoms with Gasteiger partial charge in [-0.05, 0) is 42.3 Å². The quantitative estimate of drug-likeness (QED) is 0.834. The maximum atomic E-state index is 12.9. The number of nitrogens with zero attached hydrogens (tertiary/aromatic N) is 2. The van der Waals surface area contributed by atoms with Crippen molar-refractivity contribution in [3.8, 4) is 5.75 Å². The summed E-state index contributed by atoms with van der Waals surface area (Å²) >= 11 is 0. The molecule has 142 valence electrons. The highest BCUT2D eigenvalue weighted by molar-refractivity contribution is 5.94. The van der Waals surface area contributed by atoms with Crippen LogP contribution in [-0.2, 0) is 11.2 Å². The maximum Gasteiger partial charge on any atom is 0.253 e. The summed E-state index contributed by atoms with van der Waals surface area (Å²) in [4.78, 5) is 17.0. The molecule has 1 fully saturated rings. The van der Waals surface area contributed by atoms with E-state index in [9.17, 15) is 4.79 Å². The number of hydrogen-bond donors (Lipinski definition) is 0. The van der Waals surface area contributed by atoms with Crippen molar-refractivity contribution >= 4 is 11.6 Å². The van der Waals surface area contributed by atoms with Gasteiger partial charge in [0.15, 0.2) is 0 Å². The average Bonchev–Trinajstić information content (AvgIpc) is 3.10. The van der Waals surface area contributed by atoms with Crippen LogP contribution in [0.25, 0.3) is 0 Å². The van der Waals surface area contributed by atoms with E-state index < -0.39 is 0 Å². The van der Waals surface area contributed by atoms with Crippen molar-refractivity contribution in [2.75, 3.05) is 44.8 Å².